The second kappa shape index (κ2) is 10.9. The first-order valence-corrected chi connectivity index (χ1v) is 14.1. The van der Waals surface area contributed by atoms with Crippen LogP contribution in [0.2, 0.25) is 0 Å². The van der Waals surface area contributed by atoms with Crippen LogP contribution in [0.4, 0.5) is 0 Å². The third-order valence-corrected chi connectivity index (χ3v) is 7.99. The van der Waals surface area contributed by atoms with Gasteiger partial charge in [0.2, 0.25) is 0 Å². The topological polar surface area (TPSA) is 79.7 Å². The highest BCUT2D eigenvalue weighted by molar-refractivity contribution is 5.91. The molecule has 0 atom stereocenters. The summed E-state index contributed by atoms with van der Waals surface area (Å²) in [6, 6.07) is 28.6. The molecule has 0 aliphatic carbocycles. The van der Waals surface area contributed by atoms with Crippen molar-refractivity contribution in [3.63, 3.8) is 0 Å². The summed E-state index contributed by atoms with van der Waals surface area (Å²) in [6.45, 7) is 3.00. The van der Waals surface area contributed by atoms with Gasteiger partial charge in [0.15, 0.2) is 0 Å². The number of aromatic nitrogens is 5. The summed E-state index contributed by atoms with van der Waals surface area (Å²) >= 11 is 0. The van der Waals surface area contributed by atoms with Crippen LogP contribution in [0.3, 0.4) is 0 Å². The number of rotatable bonds is 6. The van der Waals surface area contributed by atoms with Gasteiger partial charge < -0.3 is 4.98 Å². The Hall–Kier alpha value is -4.88. The maximum atomic E-state index is 12.5. The Bertz CT molecular complexity index is 1840. The van der Waals surface area contributed by atoms with Crippen LogP contribution < -0.4 is 5.56 Å². The Labute approximate surface area is 238 Å². The molecular formula is C34H30N6O. The quantitative estimate of drug-likeness (QED) is 0.272. The predicted molar refractivity (Wildman–Crippen MR) is 162 cm³/mol. The summed E-state index contributed by atoms with van der Waals surface area (Å²) in [6.07, 6.45) is 9.65. The van der Waals surface area contributed by atoms with Gasteiger partial charge in [-0.3, -0.25) is 14.3 Å². The van der Waals surface area contributed by atoms with E-state index in [2.05, 4.69) is 57.5 Å². The van der Waals surface area contributed by atoms with E-state index in [9.17, 15) is 4.79 Å². The number of pyridine rings is 3. The van der Waals surface area contributed by atoms with E-state index >= 15 is 0 Å². The van der Waals surface area contributed by atoms with Gasteiger partial charge >= 0.3 is 0 Å². The number of fused-ring (bicyclic) bond motifs is 1. The summed E-state index contributed by atoms with van der Waals surface area (Å²) in [5, 5.41) is 0.596. The summed E-state index contributed by atoms with van der Waals surface area (Å²) < 4.78 is 2.01. The number of likely N-dealkylation sites (tertiary alicyclic amines) is 1. The number of hydrogen-bond donors (Lipinski definition) is 1. The van der Waals surface area contributed by atoms with Crippen LogP contribution in [-0.4, -0.2) is 42.5 Å². The Morgan fingerprint density at radius 1 is 0.854 bits per heavy atom. The molecule has 1 N–H and O–H groups in total. The molecule has 7 rings (SSSR count). The highest BCUT2D eigenvalue weighted by Crippen LogP contribution is 2.33. The zero-order valence-electron chi connectivity index (χ0n) is 22.6. The smallest absolute Gasteiger partial charge is 0.257 e. The van der Waals surface area contributed by atoms with Crippen LogP contribution >= 0.6 is 0 Å². The van der Waals surface area contributed by atoms with Crippen LogP contribution in [0.5, 0.6) is 0 Å². The van der Waals surface area contributed by atoms with Gasteiger partial charge in [-0.25, -0.2) is 15.0 Å². The molecule has 0 saturated carbocycles. The van der Waals surface area contributed by atoms with Crippen LogP contribution in [0, 0.1) is 0 Å². The Morgan fingerprint density at radius 3 is 2.44 bits per heavy atom. The van der Waals surface area contributed by atoms with Gasteiger partial charge in [-0.1, -0.05) is 60.7 Å². The lowest BCUT2D eigenvalue weighted by Gasteiger charge is -2.31. The molecule has 0 radical (unpaired) electrons. The molecule has 7 nitrogen and oxygen atoms in total. The largest absolute Gasteiger partial charge is 0.328 e. The van der Waals surface area contributed by atoms with E-state index in [1.165, 1.54) is 5.56 Å². The summed E-state index contributed by atoms with van der Waals surface area (Å²) in [4.78, 5) is 31.9. The average molecular weight is 539 g/mol. The maximum Gasteiger partial charge on any atom is 0.257 e. The van der Waals surface area contributed by atoms with Crippen LogP contribution in [0.1, 0.15) is 30.0 Å². The Kier molecular flexibility index (Phi) is 6.70. The van der Waals surface area contributed by atoms with Crippen molar-refractivity contribution >= 4 is 10.9 Å². The number of benzene rings is 2. The lowest BCUT2D eigenvalue weighted by molar-refractivity contribution is 0.203. The van der Waals surface area contributed by atoms with Gasteiger partial charge in [0.25, 0.3) is 5.56 Å². The van der Waals surface area contributed by atoms with Crippen molar-refractivity contribution in [3.8, 4) is 28.2 Å². The normalized spacial score (nSPS) is 14.4. The number of nitrogens with one attached hydrogen (secondary N) is 1. The molecule has 0 unspecified atom stereocenters. The van der Waals surface area contributed by atoms with Crippen molar-refractivity contribution < 1.29 is 0 Å². The zero-order valence-corrected chi connectivity index (χ0v) is 22.6. The first-order chi connectivity index (χ1) is 20.2. The Morgan fingerprint density at radius 2 is 1.66 bits per heavy atom. The van der Waals surface area contributed by atoms with E-state index in [-0.39, 0.29) is 5.56 Å². The van der Waals surface area contributed by atoms with Crippen LogP contribution in [-0.2, 0) is 6.54 Å². The minimum Gasteiger partial charge on any atom is -0.328 e. The van der Waals surface area contributed by atoms with Crippen molar-refractivity contribution in [2.45, 2.75) is 25.3 Å². The lowest BCUT2D eigenvalue weighted by Crippen LogP contribution is -2.32. The molecule has 0 spiro atoms. The number of piperidine rings is 1. The van der Waals surface area contributed by atoms with E-state index in [0.717, 1.165) is 66.4 Å². The zero-order chi connectivity index (χ0) is 27.6. The van der Waals surface area contributed by atoms with E-state index in [4.69, 9.17) is 9.97 Å². The first kappa shape index (κ1) is 25.1. The molecule has 5 heterocycles. The molecule has 6 aromatic rings. The lowest BCUT2D eigenvalue weighted by atomic mass is 9.93. The second-order valence-corrected chi connectivity index (χ2v) is 10.6. The SMILES string of the molecule is O=c1[nH]ccc2nc(-c3ccc(CN4CCC(c5cn(-c6ccccn6)cn5)CC4)cc3)c(-c3ccccc3)cc12. The second-order valence-electron chi connectivity index (χ2n) is 10.6. The molecular weight excluding hydrogens is 508 g/mol. The minimum atomic E-state index is -0.126. The molecule has 41 heavy (non-hydrogen) atoms. The van der Waals surface area contributed by atoms with Crippen LogP contribution in [0.25, 0.3) is 39.1 Å². The van der Waals surface area contributed by atoms with E-state index in [1.54, 1.807) is 6.20 Å². The van der Waals surface area contributed by atoms with Crippen molar-refractivity contribution in [2.75, 3.05) is 13.1 Å². The summed E-state index contributed by atoms with van der Waals surface area (Å²) in [7, 11) is 0. The molecule has 202 valence electrons. The number of aromatic amines is 1. The third kappa shape index (κ3) is 5.19. The monoisotopic (exact) mass is 538 g/mol. The van der Waals surface area contributed by atoms with Gasteiger partial charge in [-0.2, -0.15) is 0 Å². The maximum absolute atomic E-state index is 12.5. The van der Waals surface area contributed by atoms with Gasteiger partial charge in [0.05, 0.1) is 22.3 Å². The summed E-state index contributed by atoms with van der Waals surface area (Å²) in [5.41, 5.74) is 6.92. The van der Waals surface area contributed by atoms with Gasteiger partial charge in [0.1, 0.15) is 12.1 Å². The number of nitrogens with zero attached hydrogens (tertiary/aromatic N) is 5. The molecule has 1 aliphatic heterocycles. The minimum absolute atomic E-state index is 0.126. The van der Waals surface area contributed by atoms with Crippen molar-refractivity contribution in [3.05, 3.63) is 131 Å². The van der Waals surface area contributed by atoms with Crippen molar-refractivity contribution in [2.24, 2.45) is 0 Å². The highest BCUT2D eigenvalue weighted by Gasteiger charge is 2.23. The standard InChI is InChI=1S/C34H30N6O/c41-34-29-20-28(25-6-2-1-3-7-25)33(38-30(29)13-17-36-34)27-11-9-24(10-12-27)21-39-18-14-26(15-19-39)31-22-40(23-37-31)32-8-4-5-16-35-32/h1-13,16-17,20,22-23,26H,14-15,18-19,21H2,(H,36,41). The summed E-state index contributed by atoms with van der Waals surface area (Å²) in [5.74, 6) is 1.37. The average Bonchev–Trinajstić information content (AvgIpc) is 3.53. The van der Waals surface area contributed by atoms with E-state index in [1.807, 2.05) is 65.6 Å². The van der Waals surface area contributed by atoms with E-state index < -0.39 is 0 Å². The van der Waals surface area contributed by atoms with Gasteiger partial charge in [-0.05, 0) is 61.3 Å². The van der Waals surface area contributed by atoms with Gasteiger partial charge in [0, 0.05) is 42.2 Å². The van der Waals surface area contributed by atoms with Crippen LogP contribution in [0.15, 0.2) is 115 Å². The fourth-order valence-corrected chi connectivity index (χ4v) is 5.76. The predicted octanol–water partition coefficient (Wildman–Crippen LogP) is 6.22. The number of H-pyrrole nitrogens is 1. The van der Waals surface area contributed by atoms with Crippen molar-refractivity contribution in [1.82, 2.24) is 29.4 Å². The van der Waals surface area contributed by atoms with E-state index in [0.29, 0.717) is 16.8 Å². The fraction of sp³-hybridized carbons (Fsp3) is 0.176. The number of hydrogen-bond acceptors (Lipinski definition) is 5. The number of imidazole rings is 1. The molecule has 1 aliphatic rings. The third-order valence-electron chi connectivity index (χ3n) is 7.99. The molecule has 4 aromatic heterocycles. The molecule has 2 aromatic carbocycles. The van der Waals surface area contributed by atoms with Crippen molar-refractivity contribution in [1.29, 1.82) is 0 Å². The molecule has 0 amide bonds. The molecule has 7 heteroatoms. The fourth-order valence-electron chi connectivity index (χ4n) is 5.76. The molecule has 1 saturated heterocycles. The molecule has 0 bridgehead atoms. The highest BCUT2D eigenvalue weighted by atomic mass is 16.1. The first-order valence-electron chi connectivity index (χ1n) is 14.1. The Balaban J connectivity index is 1.06. The molecule has 1 fully saturated rings. The van der Waals surface area contributed by atoms with Gasteiger partial charge in [-0.15, -0.1) is 0 Å².